The van der Waals surface area contributed by atoms with Crippen LogP contribution in [0.15, 0.2) is 47.5 Å². The quantitative estimate of drug-likeness (QED) is 0.480. The topological polar surface area (TPSA) is 52.2 Å². The molecular formula is C22H23ClN4O. The average molecular weight is 395 g/mol. The van der Waals surface area contributed by atoms with Gasteiger partial charge in [0, 0.05) is 29.5 Å². The summed E-state index contributed by atoms with van der Waals surface area (Å²) in [5.74, 6) is 0.545. The number of rotatable bonds is 5. The molecule has 0 aliphatic heterocycles. The molecule has 0 saturated carbocycles. The van der Waals surface area contributed by atoms with E-state index in [0.29, 0.717) is 22.9 Å². The van der Waals surface area contributed by atoms with Crippen molar-refractivity contribution in [2.45, 2.75) is 40.2 Å². The highest BCUT2D eigenvalue weighted by atomic mass is 35.5. The first kappa shape index (κ1) is 18.7. The summed E-state index contributed by atoms with van der Waals surface area (Å²) in [5.41, 5.74) is 4.48. The van der Waals surface area contributed by atoms with Gasteiger partial charge in [0.15, 0.2) is 5.65 Å². The van der Waals surface area contributed by atoms with Crippen LogP contribution in [0.4, 0.5) is 0 Å². The summed E-state index contributed by atoms with van der Waals surface area (Å²) in [6.45, 7) is 7.10. The Bertz CT molecular complexity index is 1210. The van der Waals surface area contributed by atoms with Crippen molar-refractivity contribution in [3.05, 3.63) is 63.8 Å². The molecule has 0 spiro atoms. The molecular weight excluding hydrogens is 372 g/mol. The fraction of sp³-hybridized carbons (Fsp3) is 0.318. The molecule has 3 heterocycles. The molecule has 0 amide bonds. The summed E-state index contributed by atoms with van der Waals surface area (Å²) in [7, 11) is 0. The zero-order valence-corrected chi connectivity index (χ0v) is 17.1. The van der Waals surface area contributed by atoms with Crippen LogP contribution in [0.3, 0.4) is 0 Å². The molecule has 0 fully saturated rings. The Labute approximate surface area is 168 Å². The molecule has 0 saturated heterocycles. The zero-order chi connectivity index (χ0) is 19.8. The Hall–Kier alpha value is -2.66. The summed E-state index contributed by atoms with van der Waals surface area (Å²) in [5, 5.41) is 6.06. The van der Waals surface area contributed by atoms with Crippen molar-refractivity contribution >= 4 is 28.2 Å². The Morgan fingerprint density at radius 3 is 2.57 bits per heavy atom. The molecule has 4 aromatic rings. The smallest absolute Gasteiger partial charge is 0.261 e. The normalized spacial score (nSPS) is 11.8. The second kappa shape index (κ2) is 7.40. The van der Waals surface area contributed by atoms with Gasteiger partial charge in [-0.05, 0) is 42.5 Å². The number of fused-ring (bicyclic) bond motifs is 3. The van der Waals surface area contributed by atoms with Gasteiger partial charge in [-0.1, -0.05) is 44.5 Å². The lowest BCUT2D eigenvalue weighted by atomic mass is 10.0. The lowest BCUT2D eigenvalue weighted by molar-refractivity contribution is 0.509. The summed E-state index contributed by atoms with van der Waals surface area (Å²) < 4.78 is 3.56. The Morgan fingerprint density at radius 2 is 1.89 bits per heavy atom. The van der Waals surface area contributed by atoms with E-state index in [1.807, 2.05) is 36.5 Å². The van der Waals surface area contributed by atoms with Gasteiger partial charge in [-0.25, -0.2) is 9.50 Å². The maximum absolute atomic E-state index is 12.9. The number of benzene rings is 1. The number of hydrogen-bond acceptors (Lipinski definition) is 3. The van der Waals surface area contributed by atoms with Gasteiger partial charge >= 0.3 is 0 Å². The van der Waals surface area contributed by atoms with Crippen molar-refractivity contribution in [3.63, 3.8) is 0 Å². The number of hydrogen-bond donors (Lipinski definition) is 0. The van der Waals surface area contributed by atoms with Crippen LogP contribution in [-0.2, 0) is 13.0 Å². The number of nitrogens with zero attached hydrogens (tertiary/aromatic N) is 4. The van der Waals surface area contributed by atoms with Crippen LogP contribution < -0.4 is 5.56 Å². The van der Waals surface area contributed by atoms with E-state index in [4.69, 9.17) is 16.7 Å². The third kappa shape index (κ3) is 3.20. The van der Waals surface area contributed by atoms with Crippen LogP contribution in [0.5, 0.6) is 0 Å². The molecule has 0 unspecified atom stereocenters. The number of halogens is 1. The van der Waals surface area contributed by atoms with Crippen molar-refractivity contribution in [2.24, 2.45) is 5.92 Å². The molecule has 28 heavy (non-hydrogen) atoms. The maximum atomic E-state index is 12.9. The molecule has 0 aliphatic carbocycles. The van der Waals surface area contributed by atoms with E-state index >= 15 is 0 Å². The van der Waals surface area contributed by atoms with E-state index in [-0.39, 0.29) is 5.56 Å². The first-order valence-corrected chi connectivity index (χ1v) is 10.0. The zero-order valence-electron chi connectivity index (χ0n) is 16.3. The number of aromatic nitrogens is 4. The number of aryl methyl sites for hydroxylation is 2. The van der Waals surface area contributed by atoms with Crippen molar-refractivity contribution in [1.82, 2.24) is 19.2 Å². The molecule has 0 N–H and O–H groups in total. The molecule has 3 aromatic heterocycles. The molecule has 1 aromatic carbocycles. The van der Waals surface area contributed by atoms with Gasteiger partial charge in [-0.3, -0.25) is 4.79 Å². The molecule has 0 atom stereocenters. The fourth-order valence-electron chi connectivity index (χ4n) is 3.49. The van der Waals surface area contributed by atoms with Gasteiger partial charge < -0.3 is 4.57 Å². The monoisotopic (exact) mass is 394 g/mol. The average Bonchev–Trinajstić information content (AvgIpc) is 3.07. The van der Waals surface area contributed by atoms with Gasteiger partial charge in [-0.2, -0.15) is 5.10 Å². The lowest BCUT2D eigenvalue weighted by Crippen LogP contribution is -2.21. The van der Waals surface area contributed by atoms with E-state index in [0.717, 1.165) is 40.8 Å². The first-order valence-electron chi connectivity index (χ1n) is 9.65. The van der Waals surface area contributed by atoms with E-state index in [1.165, 1.54) is 0 Å². The van der Waals surface area contributed by atoms with Gasteiger partial charge in [0.05, 0.1) is 16.6 Å². The fourth-order valence-corrected chi connectivity index (χ4v) is 3.61. The van der Waals surface area contributed by atoms with Crippen molar-refractivity contribution < 1.29 is 0 Å². The van der Waals surface area contributed by atoms with Gasteiger partial charge in [0.25, 0.3) is 5.56 Å². The second-order valence-electron chi connectivity index (χ2n) is 7.47. The van der Waals surface area contributed by atoms with Crippen molar-refractivity contribution in [3.8, 4) is 11.1 Å². The Morgan fingerprint density at radius 1 is 1.14 bits per heavy atom. The molecule has 4 rings (SSSR count). The minimum atomic E-state index is -0.0193. The van der Waals surface area contributed by atoms with E-state index in [9.17, 15) is 4.79 Å². The minimum Gasteiger partial charge on any atom is -0.315 e. The predicted molar refractivity (Wildman–Crippen MR) is 114 cm³/mol. The van der Waals surface area contributed by atoms with Crippen LogP contribution >= 0.6 is 11.6 Å². The standard InChI is InChI=1S/C22H23ClN4O/c1-4-18-20(15-5-7-16(23)8-6-15)21-24-13-17-19(27(21)25-18)10-12-26(22(17)28)11-9-14(2)3/h5-8,10,12-14H,4,9,11H2,1-3H3. The SMILES string of the molecule is CCc1nn2c(ncc3c(=O)n(CCC(C)C)ccc32)c1-c1ccc(Cl)cc1. The molecule has 5 nitrogen and oxygen atoms in total. The van der Waals surface area contributed by atoms with Crippen LogP contribution in [0.1, 0.15) is 32.9 Å². The molecule has 0 bridgehead atoms. The first-order chi connectivity index (χ1) is 13.5. The van der Waals surface area contributed by atoms with Gasteiger partial charge in [0.1, 0.15) is 0 Å². The summed E-state index contributed by atoms with van der Waals surface area (Å²) in [6, 6.07) is 9.66. The van der Waals surface area contributed by atoms with Crippen molar-refractivity contribution in [2.75, 3.05) is 0 Å². The van der Waals surface area contributed by atoms with Crippen LogP contribution in [0.2, 0.25) is 5.02 Å². The lowest BCUT2D eigenvalue weighted by Gasteiger charge is -2.09. The predicted octanol–water partition coefficient (Wildman–Crippen LogP) is 4.97. The van der Waals surface area contributed by atoms with Gasteiger partial charge in [0.2, 0.25) is 0 Å². The van der Waals surface area contributed by atoms with Crippen LogP contribution in [0, 0.1) is 5.92 Å². The number of pyridine rings is 1. The van der Waals surface area contributed by atoms with E-state index in [2.05, 4.69) is 25.8 Å². The third-order valence-electron chi connectivity index (χ3n) is 5.07. The Kier molecular flexibility index (Phi) is 4.94. The maximum Gasteiger partial charge on any atom is 0.261 e. The highest BCUT2D eigenvalue weighted by Crippen LogP contribution is 2.30. The van der Waals surface area contributed by atoms with E-state index < -0.39 is 0 Å². The largest absolute Gasteiger partial charge is 0.315 e. The van der Waals surface area contributed by atoms with Crippen LogP contribution in [-0.4, -0.2) is 19.2 Å². The summed E-state index contributed by atoms with van der Waals surface area (Å²) in [6.07, 6.45) is 5.28. The van der Waals surface area contributed by atoms with E-state index in [1.54, 1.807) is 15.3 Å². The highest BCUT2D eigenvalue weighted by Gasteiger charge is 2.17. The second-order valence-corrected chi connectivity index (χ2v) is 7.91. The van der Waals surface area contributed by atoms with Crippen LogP contribution in [0.25, 0.3) is 27.7 Å². The molecule has 144 valence electrons. The Balaban J connectivity index is 1.92. The summed E-state index contributed by atoms with van der Waals surface area (Å²) in [4.78, 5) is 17.5. The third-order valence-corrected chi connectivity index (χ3v) is 5.32. The highest BCUT2D eigenvalue weighted by molar-refractivity contribution is 6.30. The molecule has 6 heteroatoms. The van der Waals surface area contributed by atoms with Crippen molar-refractivity contribution in [1.29, 1.82) is 0 Å². The molecule has 0 aliphatic rings. The molecule has 0 radical (unpaired) electrons. The minimum absolute atomic E-state index is 0.0193. The van der Waals surface area contributed by atoms with Gasteiger partial charge in [-0.15, -0.1) is 0 Å². The summed E-state index contributed by atoms with van der Waals surface area (Å²) >= 11 is 6.05.